The number of carbonyl (C=O) groups is 1. The molecule has 116 valence electrons. The molecule has 0 atom stereocenters. The maximum Gasteiger partial charge on any atom is 0.299 e. The molecule has 1 heterocycles. The Morgan fingerprint density at radius 3 is 2.74 bits per heavy atom. The van der Waals surface area contributed by atoms with Crippen LogP contribution in [0.15, 0.2) is 42.5 Å². The van der Waals surface area contributed by atoms with Gasteiger partial charge in [-0.1, -0.05) is 29.8 Å². The van der Waals surface area contributed by atoms with Crippen molar-refractivity contribution in [2.75, 3.05) is 0 Å². The summed E-state index contributed by atoms with van der Waals surface area (Å²) in [5.74, 6) is -0.0714. The van der Waals surface area contributed by atoms with Crippen LogP contribution in [0.1, 0.15) is 21.5 Å². The van der Waals surface area contributed by atoms with E-state index in [1.54, 1.807) is 0 Å². The van der Waals surface area contributed by atoms with Crippen LogP contribution in [0.2, 0.25) is 5.02 Å². The van der Waals surface area contributed by atoms with Crippen molar-refractivity contribution in [3.63, 3.8) is 0 Å². The summed E-state index contributed by atoms with van der Waals surface area (Å²) in [5, 5.41) is 10.9. The Kier molecular flexibility index (Phi) is 3.71. The Hall–Kier alpha value is -2.93. The third-order valence-electron chi connectivity index (χ3n) is 3.55. The number of hydrazone groups is 1. The fraction of sp³-hybridized carbons (Fsp3) is 0.0667. The number of nitro groups is 1. The van der Waals surface area contributed by atoms with Gasteiger partial charge in [0.25, 0.3) is 17.4 Å². The molecular weight excluding hydrogens is 320 g/mol. The lowest BCUT2D eigenvalue weighted by atomic mass is 10.1. The number of hydrogen-bond acceptors (Lipinski definition) is 4. The van der Waals surface area contributed by atoms with Crippen LogP contribution in [-0.4, -0.2) is 21.4 Å². The van der Waals surface area contributed by atoms with Gasteiger partial charge >= 0.3 is 0 Å². The van der Waals surface area contributed by atoms with Crippen LogP contribution < -0.4 is 11.2 Å². The summed E-state index contributed by atoms with van der Waals surface area (Å²) in [5.41, 5.74) is 10.3. The topological polar surface area (TPSA) is 101 Å². The molecule has 1 aliphatic heterocycles. The van der Waals surface area contributed by atoms with Crippen molar-refractivity contribution < 1.29 is 14.4 Å². The van der Waals surface area contributed by atoms with E-state index in [-0.39, 0.29) is 16.3 Å². The second-order valence-electron chi connectivity index (χ2n) is 4.99. The number of nitrogens with one attached hydrogen (secondary N) is 1. The van der Waals surface area contributed by atoms with E-state index in [0.717, 1.165) is 17.2 Å². The molecule has 2 aromatic rings. The van der Waals surface area contributed by atoms with Crippen molar-refractivity contribution in [1.29, 1.82) is 0 Å². The van der Waals surface area contributed by atoms with Crippen molar-refractivity contribution in [1.82, 2.24) is 5.43 Å². The Labute approximate surface area is 136 Å². The Morgan fingerprint density at radius 2 is 2.04 bits per heavy atom. The average Bonchev–Trinajstić information content (AvgIpc) is 2.84. The normalized spacial score (nSPS) is 12.9. The van der Waals surface area contributed by atoms with E-state index in [9.17, 15) is 14.9 Å². The van der Waals surface area contributed by atoms with Gasteiger partial charge in [0, 0.05) is 17.2 Å². The molecule has 0 unspecified atom stereocenters. The third kappa shape index (κ3) is 2.74. The molecule has 1 aliphatic rings. The summed E-state index contributed by atoms with van der Waals surface area (Å²) in [4.78, 5) is 22.6. The minimum atomic E-state index is -0.634. The first-order valence-corrected chi connectivity index (χ1v) is 7.08. The standard InChI is InChI=1S/C15H11ClN4O3/c16-12-6-5-9(7-13(12)20(22)23)15(21)18-19-8-10-3-1-2-4-11(10)14(19)17/h1-7,17H,8H2,(H,18,21)/p+1. The number of halogens is 1. The Balaban J connectivity index is 1.85. The molecule has 1 amide bonds. The molecule has 7 nitrogen and oxygen atoms in total. The number of nitrogens with zero attached hydrogens (tertiary/aromatic N) is 2. The van der Waals surface area contributed by atoms with Crippen LogP contribution in [0.5, 0.6) is 0 Å². The van der Waals surface area contributed by atoms with Gasteiger partial charge in [-0.05, 0) is 18.2 Å². The number of amidine groups is 1. The zero-order chi connectivity index (χ0) is 16.6. The number of nitrogens with two attached hydrogens (primary N) is 1. The highest BCUT2D eigenvalue weighted by atomic mass is 35.5. The van der Waals surface area contributed by atoms with E-state index in [1.165, 1.54) is 16.8 Å². The number of rotatable bonds is 3. The molecule has 23 heavy (non-hydrogen) atoms. The zero-order valence-electron chi connectivity index (χ0n) is 11.8. The summed E-state index contributed by atoms with van der Waals surface area (Å²) in [6.45, 7) is 0.434. The van der Waals surface area contributed by atoms with Gasteiger partial charge in [0.1, 0.15) is 11.6 Å². The van der Waals surface area contributed by atoms with E-state index < -0.39 is 10.8 Å². The number of nitro benzene ring substituents is 1. The predicted octanol–water partition coefficient (Wildman–Crippen LogP) is 1.82. The summed E-state index contributed by atoms with van der Waals surface area (Å²) >= 11 is 5.74. The van der Waals surface area contributed by atoms with Gasteiger partial charge in [-0.2, -0.15) is 10.1 Å². The van der Waals surface area contributed by atoms with Gasteiger partial charge in [0.15, 0.2) is 0 Å². The Morgan fingerprint density at radius 1 is 1.30 bits per heavy atom. The van der Waals surface area contributed by atoms with Crippen LogP contribution >= 0.6 is 11.6 Å². The second-order valence-corrected chi connectivity index (χ2v) is 5.40. The highest BCUT2D eigenvalue weighted by Gasteiger charge is 2.26. The van der Waals surface area contributed by atoms with Crippen molar-refractivity contribution in [2.45, 2.75) is 6.54 Å². The van der Waals surface area contributed by atoms with Crippen LogP contribution in [0.25, 0.3) is 0 Å². The molecule has 0 fully saturated rings. The molecule has 3 rings (SSSR count). The number of hydrazine groups is 1. The fourth-order valence-corrected chi connectivity index (χ4v) is 2.58. The quantitative estimate of drug-likeness (QED) is 0.509. The van der Waals surface area contributed by atoms with E-state index >= 15 is 0 Å². The van der Waals surface area contributed by atoms with Crippen molar-refractivity contribution >= 4 is 29.0 Å². The highest BCUT2D eigenvalue weighted by molar-refractivity contribution is 6.32. The first kappa shape index (κ1) is 15.0. The first-order valence-electron chi connectivity index (χ1n) is 6.70. The van der Waals surface area contributed by atoms with Crippen LogP contribution in [-0.2, 0) is 6.54 Å². The van der Waals surface area contributed by atoms with Crippen LogP contribution in [0.3, 0.4) is 0 Å². The van der Waals surface area contributed by atoms with Crippen molar-refractivity contribution in [3.8, 4) is 0 Å². The molecule has 0 radical (unpaired) electrons. The van der Waals surface area contributed by atoms with Gasteiger partial charge in [0.2, 0.25) is 0 Å². The zero-order valence-corrected chi connectivity index (χ0v) is 12.6. The van der Waals surface area contributed by atoms with E-state index in [4.69, 9.17) is 17.3 Å². The van der Waals surface area contributed by atoms with E-state index in [0.29, 0.717) is 12.4 Å². The lowest BCUT2D eigenvalue weighted by Crippen LogP contribution is -2.38. The van der Waals surface area contributed by atoms with E-state index in [1.807, 2.05) is 24.3 Å². The lowest BCUT2D eigenvalue weighted by Gasteiger charge is -2.05. The predicted molar refractivity (Wildman–Crippen MR) is 84.3 cm³/mol. The van der Waals surface area contributed by atoms with Crippen LogP contribution in [0, 0.1) is 10.1 Å². The third-order valence-corrected chi connectivity index (χ3v) is 3.87. The number of amides is 1. The fourth-order valence-electron chi connectivity index (χ4n) is 2.39. The molecule has 0 saturated heterocycles. The smallest absolute Gasteiger partial charge is 0.285 e. The van der Waals surface area contributed by atoms with Gasteiger partial charge in [0.05, 0.1) is 10.5 Å². The monoisotopic (exact) mass is 331 g/mol. The SMILES string of the molecule is NC1=[N+](NC(=O)c2ccc(Cl)c([N+](=O)[O-])c2)Cc2ccccc21. The summed E-state index contributed by atoms with van der Waals surface area (Å²) in [7, 11) is 0. The maximum absolute atomic E-state index is 12.3. The minimum Gasteiger partial charge on any atom is -0.285 e. The molecule has 0 aromatic heterocycles. The number of fused-ring (bicyclic) bond motifs is 1. The van der Waals surface area contributed by atoms with Crippen molar-refractivity contribution in [3.05, 3.63) is 74.3 Å². The van der Waals surface area contributed by atoms with Gasteiger partial charge in [-0.15, -0.1) is 0 Å². The maximum atomic E-state index is 12.3. The average molecular weight is 332 g/mol. The minimum absolute atomic E-state index is 0.0220. The summed E-state index contributed by atoms with van der Waals surface area (Å²) in [6, 6.07) is 11.4. The largest absolute Gasteiger partial charge is 0.299 e. The van der Waals surface area contributed by atoms with Crippen molar-refractivity contribution in [2.24, 2.45) is 5.73 Å². The van der Waals surface area contributed by atoms with E-state index in [2.05, 4.69) is 5.43 Å². The highest BCUT2D eigenvalue weighted by Crippen LogP contribution is 2.25. The molecule has 2 aromatic carbocycles. The lowest BCUT2D eigenvalue weighted by molar-refractivity contribution is -0.584. The van der Waals surface area contributed by atoms with Gasteiger partial charge in [-0.25, -0.2) is 0 Å². The summed E-state index contributed by atoms with van der Waals surface area (Å²) in [6.07, 6.45) is 0. The molecule has 0 bridgehead atoms. The first-order chi connectivity index (χ1) is 11.0. The van der Waals surface area contributed by atoms with Gasteiger partial charge < -0.3 is 0 Å². The molecule has 0 saturated carbocycles. The Bertz CT molecular complexity index is 864. The number of carbonyl (C=O) groups excluding carboxylic acids is 1. The summed E-state index contributed by atoms with van der Waals surface area (Å²) < 4.78 is 1.51. The second kappa shape index (κ2) is 5.69. The molecule has 0 spiro atoms. The van der Waals surface area contributed by atoms with Crippen LogP contribution in [0.4, 0.5) is 5.69 Å². The van der Waals surface area contributed by atoms with Gasteiger partial charge in [-0.3, -0.25) is 20.6 Å². The molecule has 0 aliphatic carbocycles. The molecule has 8 heteroatoms. The number of hydrogen-bond donors (Lipinski definition) is 2. The number of benzene rings is 2. The molecule has 3 N–H and O–H groups in total. The molecular formula is C15H12ClN4O3+.